The van der Waals surface area contributed by atoms with Crippen LogP contribution in [0.4, 0.5) is 0 Å². The van der Waals surface area contributed by atoms with Gasteiger partial charge in [-0.05, 0) is 32.1 Å². The normalized spacial score (nSPS) is 13.0. The van der Waals surface area contributed by atoms with Gasteiger partial charge in [0.2, 0.25) is 0 Å². The number of rotatable bonds is 14. The molecule has 126 valence electrons. The Bertz CT molecular complexity index is 358. The molecular formula is C18H30O4. The number of carboxylic acids is 1. The highest BCUT2D eigenvalue weighted by Gasteiger charge is 2.10. The van der Waals surface area contributed by atoms with Crippen molar-refractivity contribution in [1.29, 1.82) is 0 Å². The van der Waals surface area contributed by atoms with E-state index in [4.69, 9.17) is 5.11 Å². The van der Waals surface area contributed by atoms with Crippen LogP contribution in [0.1, 0.15) is 71.1 Å². The summed E-state index contributed by atoms with van der Waals surface area (Å²) in [6, 6.07) is 0. The van der Waals surface area contributed by atoms with Crippen molar-refractivity contribution >= 4 is 11.8 Å². The zero-order valence-electron chi connectivity index (χ0n) is 13.7. The number of allylic oxidation sites excluding steroid dienone is 3. The number of aliphatic carboxylic acids is 1. The Morgan fingerprint density at radius 3 is 2.32 bits per heavy atom. The van der Waals surface area contributed by atoms with Crippen LogP contribution in [0.25, 0.3) is 0 Å². The van der Waals surface area contributed by atoms with E-state index in [0.29, 0.717) is 12.8 Å². The number of hydrogen-bond acceptors (Lipinski definition) is 3. The van der Waals surface area contributed by atoms with Crippen molar-refractivity contribution in [3.63, 3.8) is 0 Å². The largest absolute Gasteiger partial charge is 0.481 e. The highest BCUT2D eigenvalue weighted by Crippen LogP contribution is 2.08. The molecule has 0 aromatic heterocycles. The Morgan fingerprint density at radius 1 is 0.955 bits per heavy atom. The van der Waals surface area contributed by atoms with E-state index in [1.165, 1.54) is 0 Å². The van der Waals surface area contributed by atoms with Gasteiger partial charge in [-0.2, -0.15) is 0 Å². The number of Topliss-reactive ketones (excluding diaryl/α,β-unsaturated/α-hetero) is 1. The first-order valence-corrected chi connectivity index (χ1v) is 8.30. The van der Waals surface area contributed by atoms with Gasteiger partial charge in [-0.15, -0.1) is 0 Å². The molecule has 0 amide bonds. The molecule has 4 nitrogen and oxygen atoms in total. The molecule has 0 heterocycles. The SMILES string of the molecule is CCC=CCC(O)C(=O)C/C=C\CCCCCCCC(=O)O. The summed E-state index contributed by atoms with van der Waals surface area (Å²) >= 11 is 0. The average molecular weight is 310 g/mol. The van der Waals surface area contributed by atoms with Gasteiger partial charge < -0.3 is 10.2 Å². The third-order valence-corrected chi connectivity index (χ3v) is 3.38. The van der Waals surface area contributed by atoms with E-state index in [2.05, 4.69) is 0 Å². The molecule has 0 rings (SSSR count). The smallest absolute Gasteiger partial charge is 0.303 e. The van der Waals surface area contributed by atoms with Crippen molar-refractivity contribution in [2.45, 2.75) is 77.2 Å². The van der Waals surface area contributed by atoms with Crippen LogP contribution in [-0.4, -0.2) is 28.1 Å². The Morgan fingerprint density at radius 2 is 1.64 bits per heavy atom. The molecule has 0 spiro atoms. The Hall–Kier alpha value is -1.42. The predicted molar refractivity (Wildman–Crippen MR) is 88.8 cm³/mol. The lowest BCUT2D eigenvalue weighted by atomic mass is 10.1. The van der Waals surface area contributed by atoms with Crippen LogP contribution < -0.4 is 0 Å². The molecular weight excluding hydrogens is 280 g/mol. The predicted octanol–water partition coefficient (Wildman–Crippen LogP) is 4.03. The zero-order valence-corrected chi connectivity index (χ0v) is 13.7. The maximum absolute atomic E-state index is 11.6. The third-order valence-electron chi connectivity index (χ3n) is 3.38. The van der Waals surface area contributed by atoms with Gasteiger partial charge in [-0.1, -0.05) is 50.5 Å². The van der Waals surface area contributed by atoms with Crippen LogP contribution >= 0.6 is 0 Å². The molecule has 0 aliphatic heterocycles. The molecule has 0 saturated heterocycles. The standard InChI is InChI=1S/C18H30O4/c1-2-3-10-13-16(19)17(20)14-11-8-6-4-5-7-9-12-15-18(21)22/h3,8,10-11,16,19H,2,4-7,9,12-15H2,1H3,(H,21,22)/b10-3?,11-8-. The Labute approximate surface area is 133 Å². The minimum absolute atomic E-state index is 0.134. The number of ketones is 1. The summed E-state index contributed by atoms with van der Waals surface area (Å²) in [6.07, 6.45) is 14.4. The van der Waals surface area contributed by atoms with Gasteiger partial charge in [0, 0.05) is 12.8 Å². The second-order valence-electron chi connectivity index (χ2n) is 5.47. The number of carbonyl (C=O) groups excluding carboxylic acids is 1. The molecule has 0 aromatic carbocycles. The van der Waals surface area contributed by atoms with E-state index in [9.17, 15) is 14.7 Å². The fourth-order valence-corrected chi connectivity index (χ4v) is 2.05. The van der Waals surface area contributed by atoms with Gasteiger partial charge in [-0.25, -0.2) is 0 Å². The average Bonchev–Trinajstić information content (AvgIpc) is 2.48. The summed E-state index contributed by atoms with van der Waals surface area (Å²) in [5.74, 6) is -0.856. The van der Waals surface area contributed by atoms with Crippen LogP contribution in [-0.2, 0) is 9.59 Å². The number of carbonyl (C=O) groups is 2. The first kappa shape index (κ1) is 20.6. The van der Waals surface area contributed by atoms with Crippen molar-refractivity contribution < 1.29 is 19.8 Å². The van der Waals surface area contributed by atoms with E-state index in [1.807, 2.05) is 31.2 Å². The fourth-order valence-electron chi connectivity index (χ4n) is 2.05. The lowest BCUT2D eigenvalue weighted by molar-refractivity contribution is -0.137. The lowest BCUT2D eigenvalue weighted by Gasteiger charge is -2.04. The summed E-state index contributed by atoms with van der Waals surface area (Å²) in [7, 11) is 0. The molecule has 0 bridgehead atoms. The van der Waals surface area contributed by atoms with Crippen LogP contribution in [0.15, 0.2) is 24.3 Å². The Balaban J connectivity index is 3.51. The number of aliphatic hydroxyl groups is 1. The summed E-state index contributed by atoms with van der Waals surface area (Å²) in [4.78, 5) is 21.9. The third kappa shape index (κ3) is 13.6. The molecule has 0 fully saturated rings. The van der Waals surface area contributed by atoms with Crippen LogP contribution in [0.2, 0.25) is 0 Å². The van der Waals surface area contributed by atoms with Crippen LogP contribution in [0, 0.1) is 0 Å². The first-order chi connectivity index (χ1) is 10.6. The van der Waals surface area contributed by atoms with Gasteiger partial charge in [0.05, 0.1) is 0 Å². The van der Waals surface area contributed by atoms with E-state index in [1.54, 1.807) is 0 Å². The molecule has 0 aliphatic carbocycles. The van der Waals surface area contributed by atoms with Gasteiger partial charge in [0.15, 0.2) is 5.78 Å². The van der Waals surface area contributed by atoms with Crippen molar-refractivity contribution in [2.75, 3.05) is 0 Å². The van der Waals surface area contributed by atoms with Gasteiger partial charge in [0.1, 0.15) is 6.10 Å². The molecule has 0 saturated carbocycles. The van der Waals surface area contributed by atoms with E-state index in [-0.39, 0.29) is 12.2 Å². The quantitative estimate of drug-likeness (QED) is 0.375. The van der Waals surface area contributed by atoms with Gasteiger partial charge >= 0.3 is 5.97 Å². The molecule has 1 atom stereocenters. The Kier molecular flexibility index (Phi) is 13.6. The summed E-state index contributed by atoms with van der Waals surface area (Å²) in [6.45, 7) is 2.01. The second-order valence-corrected chi connectivity index (χ2v) is 5.47. The molecule has 0 radical (unpaired) electrons. The lowest BCUT2D eigenvalue weighted by Crippen LogP contribution is -2.18. The molecule has 0 aromatic rings. The second kappa shape index (κ2) is 14.5. The van der Waals surface area contributed by atoms with E-state index in [0.717, 1.165) is 44.9 Å². The van der Waals surface area contributed by atoms with Crippen LogP contribution in [0.3, 0.4) is 0 Å². The van der Waals surface area contributed by atoms with Gasteiger partial charge in [-0.3, -0.25) is 9.59 Å². The minimum atomic E-state index is -0.887. The van der Waals surface area contributed by atoms with Crippen LogP contribution in [0.5, 0.6) is 0 Å². The highest BCUT2D eigenvalue weighted by molar-refractivity contribution is 5.84. The minimum Gasteiger partial charge on any atom is -0.481 e. The highest BCUT2D eigenvalue weighted by atomic mass is 16.4. The molecule has 22 heavy (non-hydrogen) atoms. The molecule has 2 N–H and O–H groups in total. The summed E-state index contributed by atoms with van der Waals surface area (Å²) < 4.78 is 0. The number of unbranched alkanes of at least 4 members (excludes halogenated alkanes) is 5. The number of carboxylic acid groups (broad SMARTS) is 1. The van der Waals surface area contributed by atoms with E-state index >= 15 is 0 Å². The maximum Gasteiger partial charge on any atom is 0.303 e. The zero-order chi connectivity index (χ0) is 16.6. The topological polar surface area (TPSA) is 74.6 Å². The number of hydrogen-bond donors (Lipinski definition) is 2. The van der Waals surface area contributed by atoms with E-state index < -0.39 is 12.1 Å². The van der Waals surface area contributed by atoms with Gasteiger partial charge in [0.25, 0.3) is 0 Å². The summed E-state index contributed by atoms with van der Waals surface area (Å²) in [5.41, 5.74) is 0. The molecule has 0 aliphatic rings. The maximum atomic E-state index is 11.6. The monoisotopic (exact) mass is 310 g/mol. The van der Waals surface area contributed by atoms with Crippen molar-refractivity contribution in [1.82, 2.24) is 0 Å². The van der Waals surface area contributed by atoms with Crippen molar-refractivity contribution in [3.8, 4) is 0 Å². The molecule has 4 heteroatoms. The molecule has 1 unspecified atom stereocenters. The number of aliphatic hydroxyl groups excluding tert-OH is 1. The fraction of sp³-hybridized carbons (Fsp3) is 0.667. The first-order valence-electron chi connectivity index (χ1n) is 8.30. The summed E-state index contributed by atoms with van der Waals surface area (Å²) in [5, 5.41) is 18.1. The van der Waals surface area contributed by atoms with Crippen molar-refractivity contribution in [2.24, 2.45) is 0 Å². The van der Waals surface area contributed by atoms with Crippen molar-refractivity contribution in [3.05, 3.63) is 24.3 Å².